The van der Waals surface area contributed by atoms with Gasteiger partial charge in [-0.05, 0) is 69.6 Å². The van der Waals surface area contributed by atoms with E-state index in [4.69, 9.17) is 4.98 Å². The van der Waals surface area contributed by atoms with E-state index in [0.717, 1.165) is 22.3 Å². The fraction of sp³-hybridized carbons (Fsp3) is 0. The molecule has 0 amide bonds. The molecule has 5 aromatic carbocycles. The standard InChI is InChI=1S/C34H23N2P/c1-3-13-29-24(8-1)10-5-15-32(29)37(33-16-6-11-25-9-2-4-14-30(25)33)28-20-17-26(18-21-28)31-22-19-27-12-7-23-35-34(27)36-31/h1-23H. The van der Waals surface area contributed by atoms with Gasteiger partial charge in [-0.15, -0.1) is 0 Å². The van der Waals surface area contributed by atoms with Crippen molar-refractivity contribution >= 4 is 56.4 Å². The van der Waals surface area contributed by atoms with E-state index in [1.54, 1.807) is 6.20 Å². The molecule has 37 heavy (non-hydrogen) atoms. The van der Waals surface area contributed by atoms with Crippen LogP contribution in [-0.4, -0.2) is 9.97 Å². The van der Waals surface area contributed by atoms with Gasteiger partial charge in [0.15, 0.2) is 5.65 Å². The lowest BCUT2D eigenvalue weighted by atomic mass is 10.1. The first-order chi connectivity index (χ1) is 18.3. The lowest BCUT2D eigenvalue weighted by Crippen LogP contribution is -2.22. The molecule has 2 heterocycles. The molecule has 7 aromatic rings. The van der Waals surface area contributed by atoms with Gasteiger partial charge in [0, 0.05) is 17.1 Å². The van der Waals surface area contributed by atoms with Crippen molar-refractivity contribution in [2.24, 2.45) is 0 Å². The number of hydrogen-bond donors (Lipinski definition) is 0. The topological polar surface area (TPSA) is 25.8 Å². The molecule has 0 aliphatic carbocycles. The summed E-state index contributed by atoms with van der Waals surface area (Å²) in [6.45, 7) is 0. The maximum absolute atomic E-state index is 4.81. The highest BCUT2D eigenvalue weighted by Crippen LogP contribution is 2.38. The Morgan fingerprint density at radius 3 is 1.73 bits per heavy atom. The van der Waals surface area contributed by atoms with E-state index < -0.39 is 7.92 Å². The van der Waals surface area contributed by atoms with E-state index in [9.17, 15) is 0 Å². The Kier molecular flexibility index (Phi) is 5.46. The van der Waals surface area contributed by atoms with E-state index in [1.165, 1.54) is 37.5 Å². The van der Waals surface area contributed by atoms with Crippen molar-refractivity contribution in [3.05, 3.63) is 140 Å². The molecule has 7 rings (SSSR count). The van der Waals surface area contributed by atoms with E-state index in [1.807, 2.05) is 12.1 Å². The third-order valence-electron chi connectivity index (χ3n) is 6.90. The smallest absolute Gasteiger partial charge is 0.159 e. The van der Waals surface area contributed by atoms with Gasteiger partial charge < -0.3 is 0 Å². The van der Waals surface area contributed by atoms with Crippen molar-refractivity contribution in [1.29, 1.82) is 0 Å². The van der Waals surface area contributed by atoms with Gasteiger partial charge in [0.25, 0.3) is 0 Å². The second kappa shape index (κ2) is 9.24. The number of benzene rings is 5. The maximum atomic E-state index is 4.81. The normalized spacial score (nSPS) is 11.5. The van der Waals surface area contributed by atoms with Gasteiger partial charge in [-0.1, -0.05) is 109 Å². The fourth-order valence-electron chi connectivity index (χ4n) is 5.11. The Morgan fingerprint density at radius 2 is 1.05 bits per heavy atom. The molecular formula is C34H23N2P. The van der Waals surface area contributed by atoms with Crippen molar-refractivity contribution in [2.45, 2.75) is 0 Å². The summed E-state index contributed by atoms with van der Waals surface area (Å²) in [6.07, 6.45) is 1.80. The summed E-state index contributed by atoms with van der Waals surface area (Å²) < 4.78 is 0. The lowest BCUT2D eigenvalue weighted by molar-refractivity contribution is 1.29. The molecule has 0 radical (unpaired) electrons. The summed E-state index contributed by atoms with van der Waals surface area (Å²) >= 11 is 0. The number of rotatable bonds is 4. The van der Waals surface area contributed by atoms with Crippen LogP contribution >= 0.6 is 7.92 Å². The Morgan fingerprint density at radius 1 is 0.459 bits per heavy atom. The monoisotopic (exact) mass is 490 g/mol. The quantitative estimate of drug-likeness (QED) is 0.241. The molecule has 0 bridgehead atoms. The van der Waals surface area contributed by atoms with Crippen LogP contribution in [0.25, 0.3) is 43.8 Å². The number of nitrogens with zero attached hydrogens (tertiary/aromatic N) is 2. The second-order valence-electron chi connectivity index (χ2n) is 9.13. The van der Waals surface area contributed by atoms with Crippen molar-refractivity contribution in [2.75, 3.05) is 0 Å². The van der Waals surface area contributed by atoms with Crippen LogP contribution in [0.15, 0.2) is 140 Å². The zero-order valence-corrected chi connectivity index (χ0v) is 21.0. The summed E-state index contributed by atoms with van der Waals surface area (Å²) in [6, 6.07) is 48.0. The molecule has 2 nitrogen and oxygen atoms in total. The third-order valence-corrected chi connectivity index (χ3v) is 9.46. The average Bonchev–Trinajstić information content (AvgIpc) is 2.98. The predicted octanol–water partition coefficient (Wildman–Crippen LogP) is 7.36. The van der Waals surface area contributed by atoms with Gasteiger partial charge >= 0.3 is 0 Å². The van der Waals surface area contributed by atoms with Crippen LogP contribution in [0.5, 0.6) is 0 Å². The van der Waals surface area contributed by atoms with Gasteiger partial charge in [-0.3, -0.25) is 0 Å². The first kappa shape index (κ1) is 21.9. The van der Waals surface area contributed by atoms with Gasteiger partial charge in [0.1, 0.15) is 0 Å². The third kappa shape index (κ3) is 3.96. The molecule has 174 valence electrons. The fourth-order valence-corrected chi connectivity index (χ4v) is 7.73. The van der Waals surface area contributed by atoms with E-state index in [2.05, 4.69) is 126 Å². The van der Waals surface area contributed by atoms with Gasteiger partial charge in [0.05, 0.1) is 5.69 Å². The minimum Gasteiger partial charge on any atom is -0.237 e. The van der Waals surface area contributed by atoms with Gasteiger partial charge in [-0.2, -0.15) is 0 Å². The average molecular weight is 491 g/mol. The van der Waals surface area contributed by atoms with E-state index in [0.29, 0.717) is 0 Å². The molecule has 0 N–H and O–H groups in total. The number of pyridine rings is 2. The molecule has 2 aromatic heterocycles. The van der Waals surface area contributed by atoms with Crippen LogP contribution in [0.3, 0.4) is 0 Å². The SMILES string of the molecule is c1cnc2nc(-c3ccc(P(c4cccc5ccccc45)c4cccc5ccccc45)cc3)ccc2c1. The number of fused-ring (bicyclic) bond motifs is 3. The van der Waals surface area contributed by atoms with Crippen LogP contribution in [0.1, 0.15) is 0 Å². The first-order valence-electron chi connectivity index (χ1n) is 12.4. The molecule has 0 atom stereocenters. The second-order valence-corrected chi connectivity index (χ2v) is 11.3. The Labute approximate surface area is 217 Å². The largest absolute Gasteiger partial charge is 0.237 e. The molecule has 0 unspecified atom stereocenters. The van der Waals surface area contributed by atoms with Gasteiger partial charge in [-0.25, -0.2) is 9.97 Å². The molecule has 0 aliphatic heterocycles. The minimum absolute atomic E-state index is 0.776. The van der Waals surface area contributed by atoms with Crippen molar-refractivity contribution < 1.29 is 0 Å². The highest BCUT2D eigenvalue weighted by atomic mass is 31.1. The summed E-state index contributed by atoms with van der Waals surface area (Å²) in [7, 11) is -0.788. The predicted molar refractivity (Wildman–Crippen MR) is 159 cm³/mol. The van der Waals surface area contributed by atoms with Crippen molar-refractivity contribution in [3.63, 3.8) is 0 Å². The van der Waals surface area contributed by atoms with Crippen molar-refractivity contribution in [3.8, 4) is 11.3 Å². The molecule has 0 fully saturated rings. The summed E-state index contributed by atoms with van der Waals surface area (Å²) in [4.78, 5) is 9.25. The van der Waals surface area contributed by atoms with Crippen LogP contribution in [0.4, 0.5) is 0 Å². The van der Waals surface area contributed by atoms with Crippen LogP contribution in [0, 0.1) is 0 Å². The minimum atomic E-state index is -0.788. The van der Waals surface area contributed by atoms with Crippen LogP contribution < -0.4 is 15.9 Å². The summed E-state index contributed by atoms with van der Waals surface area (Å²) in [5.74, 6) is 0. The molecule has 0 aliphatic rings. The molecule has 0 saturated heterocycles. The zero-order chi connectivity index (χ0) is 24.6. The highest BCUT2D eigenvalue weighted by molar-refractivity contribution is 7.80. The maximum Gasteiger partial charge on any atom is 0.159 e. The Balaban J connectivity index is 1.41. The lowest BCUT2D eigenvalue weighted by Gasteiger charge is -2.23. The molecular weight excluding hydrogens is 467 g/mol. The Bertz CT molecular complexity index is 1800. The van der Waals surface area contributed by atoms with Crippen LogP contribution in [0.2, 0.25) is 0 Å². The molecule has 3 heteroatoms. The molecule has 0 spiro atoms. The highest BCUT2D eigenvalue weighted by Gasteiger charge is 2.21. The van der Waals surface area contributed by atoms with Crippen LogP contribution in [-0.2, 0) is 0 Å². The van der Waals surface area contributed by atoms with E-state index in [-0.39, 0.29) is 0 Å². The summed E-state index contributed by atoms with van der Waals surface area (Å²) in [5.41, 5.74) is 2.82. The van der Waals surface area contributed by atoms with Crippen molar-refractivity contribution in [1.82, 2.24) is 9.97 Å². The van der Waals surface area contributed by atoms with Gasteiger partial charge in [0.2, 0.25) is 0 Å². The first-order valence-corrected chi connectivity index (χ1v) is 13.8. The number of aromatic nitrogens is 2. The molecule has 0 saturated carbocycles. The Hall–Kier alpha value is -4.39. The number of hydrogen-bond acceptors (Lipinski definition) is 2. The van der Waals surface area contributed by atoms with E-state index >= 15 is 0 Å². The summed E-state index contributed by atoms with van der Waals surface area (Å²) in [5, 5.41) is 10.3. The zero-order valence-electron chi connectivity index (χ0n) is 20.1.